The molecule has 2 unspecified atom stereocenters. The number of carboxylic acid groups (broad SMARTS) is 1. The Morgan fingerprint density at radius 1 is 0.882 bits per heavy atom. The number of alkyl halides is 13. The fourth-order valence-corrected chi connectivity index (χ4v) is 2.57. The zero-order chi connectivity index (χ0) is 28.4. The molecule has 202 valence electrons. The van der Waals surface area contributed by atoms with E-state index in [1.165, 1.54) is 0 Å². The number of aliphatic hydroxyl groups is 4. The first-order valence-electron chi connectivity index (χ1n) is 8.78. The van der Waals surface area contributed by atoms with Crippen LogP contribution in [0.1, 0.15) is 14.2 Å². The van der Waals surface area contributed by atoms with Gasteiger partial charge in [0, 0.05) is 14.2 Å². The smallest absolute Gasteiger partial charge is 0.460 e. The van der Waals surface area contributed by atoms with E-state index in [0.29, 0.717) is 0 Å². The van der Waals surface area contributed by atoms with Crippen molar-refractivity contribution in [3.8, 4) is 0 Å². The number of rotatable bonds is 9. The second kappa shape index (κ2) is 8.49. The Bertz CT molecular complexity index is 808. The Balaban J connectivity index is 3.38. The van der Waals surface area contributed by atoms with Crippen molar-refractivity contribution in [3.63, 3.8) is 0 Å². The van der Waals surface area contributed by atoms with Crippen LogP contribution in [0, 0.1) is 0 Å². The Morgan fingerprint density at radius 2 is 1.29 bits per heavy atom. The highest BCUT2D eigenvalue weighted by molar-refractivity contribution is 5.73. The lowest BCUT2D eigenvalue weighted by Gasteiger charge is -2.40. The molecule has 0 amide bonds. The van der Waals surface area contributed by atoms with Gasteiger partial charge in [-0.05, 0) is 0 Å². The van der Waals surface area contributed by atoms with Crippen LogP contribution >= 0.6 is 0 Å². The Kier molecular flexibility index (Phi) is 7.14. The summed E-state index contributed by atoms with van der Waals surface area (Å²) in [6.07, 6.45) is -25.9. The minimum Gasteiger partial charge on any atom is -0.479 e. The van der Waals surface area contributed by atoms with Crippen LogP contribution < -0.4 is 0 Å². The molecule has 0 aliphatic carbocycles. The highest BCUT2D eigenvalue weighted by Crippen LogP contribution is 2.61. The standard InChI is InChI=1S/C14H13F13O7/c15-9(16,2-1-8(33)6(30)3(28)5(34-8)4(29)7(31)32)10(17,18)11(19,20)12(21,22)13(23,24)14(25,26)27/h3-6,28-30,33H,1-2H2,(H,31,32)/t3-,4-,5-,6+,8?/m0/s1/i2D/t2?,3-,4-,5-,6+,8?. The van der Waals surface area contributed by atoms with Gasteiger partial charge in [0.1, 0.15) is 18.3 Å². The van der Waals surface area contributed by atoms with Gasteiger partial charge in [-0.1, -0.05) is 0 Å². The third-order valence-electron chi connectivity index (χ3n) is 4.64. The predicted molar refractivity (Wildman–Crippen MR) is 75.5 cm³/mol. The van der Waals surface area contributed by atoms with Crippen LogP contribution in [0.25, 0.3) is 0 Å². The summed E-state index contributed by atoms with van der Waals surface area (Å²) < 4.78 is 182. The van der Waals surface area contributed by atoms with Gasteiger partial charge in [-0.25, -0.2) is 4.79 Å². The van der Waals surface area contributed by atoms with Crippen LogP contribution in [0.4, 0.5) is 57.1 Å². The molecule has 34 heavy (non-hydrogen) atoms. The van der Waals surface area contributed by atoms with Crippen molar-refractivity contribution >= 4 is 5.97 Å². The zero-order valence-electron chi connectivity index (χ0n) is 16.6. The maximum atomic E-state index is 14.0. The van der Waals surface area contributed by atoms with Gasteiger partial charge in [0.05, 0.1) is 0 Å². The monoisotopic (exact) mass is 541 g/mol. The summed E-state index contributed by atoms with van der Waals surface area (Å²) in [5, 5.41) is 46.8. The van der Waals surface area contributed by atoms with Gasteiger partial charge in [-0.2, -0.15) is 57.1 Å². The second-order valence-electron chi connectivity index (χ2n) is 6.97. The number of hydrogen-bond donors (Lipinski definition) is 5. The number of halogens is 13. The van der Waals surface area contributed by atoms with E-state index >= 15 is 0 Å². The highest BCUT2D eigenvalue weighted by Gasteiger charge is 2.90. The third-order valence-corrected chi connectivity index (χ3v) is 4.64. The van der Waals surface area contributed by atoms with E-state index in [0.717, 1.165) is 0 Å². The molecule has 1 aliphatic rings. The summed E-state index contributed by atoms with van der Waals surface area (Å²) in [5.74, 6) is -45.5. The summed E-state index contributed by atoms with van der Waals surface area (Å²) >= 11 is 0. The minimum absolute atomic E-state index is 2.25. The molecule has 1 aliphatic heterocycles. The van der Waals surface area contributed by atoms with Crippen LogP contribution in [0.15, 0.2) is 0 Å². The zero-order valence-corrected chi connectivity index (χ0v) is 15.6. The molecule has 0 aromatic carbocycles. The summed E-state index contributed by atoms with van der Waals surface area (Å²) in [6, 6.07) is 0. The molecule has 0 saturated carbocycles. The van der Waals surface area contributed by atoms with Crippen molar-refractivity contribution < 1.29 is 93.5 Å². The highest BCUT2D eigenvalue weighted by atomic mass is 19.4. The third kappa shape index (κ3) is 4.37. The topological polar surface area (TPSA) is 127 Å². The molecule has 5 N–H and O–H groups in total. The first kappa shape index (κ1) is 28.6. The molecular formula is C14H13F13O7. The molecule has 1 heterocycles. The molecule has 0 bridgehead atoms. The maximum Gasteiger partial charge on any atom is 0.460 e. The predicted octanol–water partition coefficient (Wildman–Crippen LogP) is 1.76. The Morgan fingerprint density at radius 3 is 1.68 bits per heavy atom. The lowest BCUT2D eigenvalue weighted by Crippen LogP contribution is -2.70. The van der Waals surface area contributed by atoms with Gasteiger partial charge in [-0.3, -0.25) is 0 Å². The van der Waals surface area contributed by atoms with Gasteiger partial charge in [0.15, 0.2) is 11.9 Å². The Labute approximate surface area is 179 Å². The van der Waals surface area contributed by atoms with Gasteiger partial charge >= 0.3 is 41.8 Å². The molecule has 6 atom stereocenters. The van der Waals surface area contributed by atoms with Crippen molar-refractivity contribution in [3.05, 3.63) is 0 Å². The molecule has 7 nitrogen and oxygen atoms in total. The van der Waals surface area contributed by atoms with Gasteiger partial charge in [0.25, 0.3) is 0 Å². The average molecular weight is 541 g/mol. The fourth-order valence-electron chi connectivity index (χ4n) is 2.57. The maximum absolute atomic E-state index is 14.0. The van der Waals surface area contributed by atoms with Crippen LogP contribution in [-0.4, -0.2) is 97.5 Å². The molecule has 0 radical (unpaired) electrons. The molecular weight excluding hydrogens is 527 g/mol. The van der Waals surface area contributed by atoms with E-state index in [1.807, 2.05) is 0 Å². The lowest BCUT2D eigenvalue weighted by molar-refractivity contribution is -0.440. The number of carbonyl (C=O) groups is 1. The van der Waals surface area contributed by atoms with E-state index < -0.39 is 84.8 Å². The van der Waals surface area contributed by atoms with Crippen LogP contribution in [-0.2, 0) is 9.53 Å². The van der Waals surface area contributed by atoms with Gasteiger partial charge < -0.3 is 30.3 Å². The Hall–Kier alpha value is -1.64. The average Bonchev–Trinajstić information content (AvgIpc) is 2.89. The molecule has 20 heteroatoms. The second-order valence-corrected chi connectivity index (χ2v) is 6.97. The minimum atomic E-state index is -8.22. The van der Waals surface area contributed by atoms with E-state index in [4.69, 9.17) is 6.48 Å². The SMILES string of the molecule is [2H]C(CC1(O)O[C@H]([C@H](O)C(=O)O)[C@H](O)[C@H]1O)C(F)(F)C(F)(F)C(F)(F)C(F)(F)C(F)(F)C(F)(F)F. The van der Waals surface area contributed by atoms with E-state index in [9.17, 15) is 82.3 Å². The molecule has 0 aromatic rings. The largest absolute Gasteiger partial charge is 0.479 e. The lowest BCUT2D eigenvalue weighted by atomic mass is 9.90. The van der Waals surface area contributed by atoms with Crippen molar-refractivity contribution in [2.24, 2.45) is 0 Å². The number of hydrogen-bond acceptors (Lipinski definition) is 6. The molecule has 0 spiro atoms. The van der Waals surface area contributed by atoms with E-state index in [-0.39, 0.29) is 0 Å². The van der Waals surface area contributed by atoms with Crippen molar-refractivity contribution in [2.45, 2.75) is 78.8 Å². The van der Waals surface area contributed by atoms with Crippen LogP contribution in [0.5, 0.6) is 0 Å². The number of ether oxygens (including phenoxy) is 1. The number of carboxylic acids is 1. The van der Waals surface area contributed by atoms with Gasteiger partial charge in [0.2, 0.25) is 0 Å². The summed E-state index contributed by atoms with van der Waals surface area (Å²) in [4.78, 5) is 10.7. The first-order valence-corrected chi connectivity index (χ1v) is 8.20. The van der Waals surface area contributed by atoms with E-state index in [1.54, 1.807) is 0 Å². The molecule has 1 saturated heterocycles. The fraction of sp³-hybridized carbons (Fsp3) is 0.929. The van der Waals surface area contributed by atoms with Crippen molar-refractivity contribution in [2.75, 3.05) is 0 Å². The molecule has 0 aromatic heterocycles. The van der Waals surface area contributed by atoms with Gasteiger partial charge in [-0.15, -0.1) is 0 Å². The summed E-state index contributed by atoms with van der Waals surface area (Å²) in [5.41, 5.74) is 0. The van der Waals surface area contributed by atoms with E-state index in [2.05, 4.69) is 4.74 Å². The normalized spacial score (nSPS) is 30.1. The summed E-state index contributed by atoms with van der Waals surface area (Å²) in [6.45, 7) is 0. The number of aliphatic carboxylic acids is 1. The molecule has 1 fully saturated rings. The molecule has 1 rings (SSSR count). The van der Waals surface area contributed by atoms with Crippen molar-refractivity contribution in [1.29, 1.82) is 0 Å². The quantitative estimate of drug-likeness (QED) is 0.282. The number of aliphatic hydroxyl groups excluding tert-OH is 3. The summed E-state index contributed by atoms with van der Waals surface area (Å²) in [7, 11) is 0. The van der Waals surface area contributed by atoms with Crippen molar-refractivity contribution in [1.82, 2.24) is 0 Å². The first-order chi connectivity index (χ1) is 15.1. The van der Waals surface area contributed by atoms with Crippen LogP contribution in [0.3, 0.4) is 0 Å². The van der Waals surface area contributed by atoms with Crippen LogP contribution in [0.2, 0.25) is 0 Å².